The fraction of sp³-hybridized carbons (Fsp3) is 0.0500. The maximum Gasteiger partial charge on any atom is 0.337 e. The summed E-state index contributed by atoms with van der Waals surface area (Å²) in [6.07, 6.45) is 3.12. The predicted octanol–water partition coefficient (Wildman–Crippen LogP) is 3.86. The minimum Gasteiger partial charge on any atom is -0.465 e. The molecule has 0 saturated heterocycles. The summed E-state index contributed by atoms with van der Waals surface area (Å²) in [7, 11) is 1.34. The predicted molar refractivity (Wildman–Crippen MR) is 99.7 cm³/mol. The SMILES string of the molecule is COC(=O)c1ccc(Nc2cncc(C(=O)Nc3ccccc3)c2)cc1. The van der Waals surface area contributed by atoms with Gasteiger partial charge in [-0.1, -0.05) is 18.2 Å². The van der Waals surface area contributed by atoms with Crippen LogP contribution < -0.4 is 10.6 Å². The quantitative estimate of drug-likeness (QED) is 0.685. The van der Waals surface area contributed by atoms with Gasteiger partial charge in [-0.25, -0.2) is 4.79 Å². The number of hydrogen-bond acceptors (Lipinski definition) is 5. The Hall–Kier alpha value is -3.67. The lowest BCUT2D eigenvalue weighted by molar-refractivity contribution is 0.0600. The number of ether oxygens (including phenoxy) is 1. The van der Waals surface area contributed by atoms with Gasteiger partial charge in [0.15, 0.2) is 0 Å². The van der Waals surface area contributed by atoms with E-state index in [2.05, 4.69) is 20.4 Å². The lowest BCUT2D eigenvalue weighted by Crippen LogP contribution is -2.12. The molecule has 0 aliphatic carbocycles. The Kier molecular flexibility index (Phi) is 5.24. The van der Waals surface area contributed by atoms with E-state index in [1.54, 1.807) is 36.5 Å². The summed E-state index contributed by atoms with van der Waals surface area (Å²) < 4.78 is 4.67. The molecule has 130 valence electrons. The molecule has 0 bridgehead atoms. The number of anilines is 3. The van der Waals surface area contributed by atoms with Crippen molar-refractivity contribution in [2.24, 2.45) is 0 Å². The maximum absolute atomic E-state index is 12.3. The van der Waals surface area contributed by atoms with Crippen LogP contribution in [-0.2, 0) is 4.74 Å². The zero-order valence-corrected chi connectivity index (χ0v) is 14.1. The van der Waals surface area contributed by atoms with Crippen molar-refractivity contribution in [3.05, 3.63) is 84.2 Å². The van der Waals surface area contributed by atoms with Crippen LogP contribution in [0.1, 0.15) is 20.7 Å². The smallest absolute Gasteiger partial charge is 0.337 e. The van der Waals surface area contributed by atoms with E-state index in [9.17, 15) is 9.59 Å². The molecule has 0 spiro atoms. The standard InChI is InChI=1S/C20H17N3O3/c1-26-20(25)14-7-9-17(10-8-14)22-18-11-15(12-21-13-18)19(24)23-16-5-3-2-4-6-16/h2-13,22H,1H3,(H,23,24). The van der Waals surface area contributed by atoms with Crippen molar-refractivity contribution in [1.29, 1.82) is 0 Å². The molecule has 0 aliphatic heterocycles. The summed E-state index contributed by atoms with van der Waals surface area (Å²) in [5.74, 6) is -0.633. The summed E-state index contributed by atoms with van der Waals surface area (Å²) in [5, 5.41) is 5.97. The van der Waals surface area contributed by atoms with Crippen molar-refractivity contribution in [2.75, 3.05) is 17.7 Å². The van der Waals surface area contributed by atoms with E-state index in [4.69, 9.17) is 0 Å². The van der Waals surface area contributed by atoms with Crippen LogP contribution in [0.2, 0.25) is 0 Å². The second-order valence-electron chi connectivity index (χ2n) is 5.48. The molecule has 3 rings (SSSR count). The minimum atomic E-state index is -0.391. The van der Waals surface area contributed by atoms with E-state index >= 15 is 0 Å². The Labute approximate surface area is 150 Å². The van der Waals surface area contributed by atoms with Crippen LogP contribution >= 0.6 is 0 Å². The highest BCUT2D eigenvalue weighted by Crippen LogP contribution is 2.18. The van der Waals surface area contributed by atoms with Gasteiger partial charge in [-0.15, -0.1) is 0 Å². The normalized spacial score (nSPS) is 10.0. The molecule has 0 radical (unpaired) electrons. The molecule has 2 aromatic carbocycles. The van der Waals surface area contributed by atoms with E-state index < -0.39 is 5.97 Å². The van der Waals surface area contributed by atoms with E-state index in [0.29, 0.717) is 22.5 Å². The van der Waals surface area contributed by atoms with Gasteiger partial charge in [-0.05, 0) is 42.5 Å². The highest BCUT2D eigenvalue weighted by atomic mass is 16.5. The van der Waals surface area contributed by atoms with E-state index in [1.807, 2.05) is 30.3 Å². The number of carbonyl (C=O) groups is 2. The second-order valence-corrected chi connectivity index (χ2v) is 5.48. The first-order valence-electron chi connectivity index (χ1n) is 7.92. The van der Waals surface area contributed by atoms with Crippen LogP contribution in [0.25, 0.3) is 0 Å². The number of para-hydroxylation sites is 1. The van der Waals surface area contributed by atoms with Gasteiger partial charge in [0.25, 0.3) is 5.91 Å². The number of pyridine rings is 1. The molecule has 6 nitrogen and oxygen atoms in total. The number of nitrogens with one attached hydrogen (secondary N) is 2. The summed E-state index contributed by atoms with van der Waals surface area (Å²) in [5.41, 5.74) is 3.04. The third-order valence-electron chi connectivity index (χ3n) is 3.63. The molecule has 0 unspecified atom stereocenters. The highest BCUT2D eigenvalue weighted by molar-refractivity contribution is 6.04. The molecular formula is C20H17N3O3. The molecular weight excluding hydrogens is 330 g/mol. The zero-order chi connectivity index (χ0) is 18.4. The van der Waals surface area contributed by atoms with Crippen LogP contribution in [-0.4, -0.2) is 24.0 Å². The van der Waals surface area contributed by atoms with E-state index in [-0.39, 0.29) is 5.91 Å². The van der Waals surface area contributed by atoms with Gasteiger partial charge in [-0.3, -0.25) is 9.78 Å². The van der Waals surface area contributed by atoms with Gasteiger partial charge < -0.3 is 15.4 Å². The van der Waals surface area contributed by atoms with Crippen LogP contribution in [0.15, 0.2) is 73.1 Å². The molecule has 1 heterocycles. The topological polar surface area (TPSA) is 80.3 Å². The molecule has 0 saturated carbocycles. The molecule has 0 aliphatic rings. The number of carbonyl (C=O) groups excluding carboxylic acids is 2. The molecule has 0 fully saturated rings. The average molecular weight is 347 g/mol. The number of aromatic nitrogens is 1. The molecule has 6 heteroatoms. The first kappa shape index (κ1) is 17.2. The number of rotatable bonds is 5. The summed E-state index contributed by atoms with van der Waals surface area (Å²) >= 11 is 0. The molecule has 2 N–H and O–H groups in total. The van der Waals surface area contributed by atoms with Gasteiger partial charge in [0.2, 0.25) is 0 Å². The first-order valence-corrected chi connectivity index (χ1v) is 7.92. The van der Waals surface area contributed by atoms with Gasteiger partial charge in [-0.2, -0.15) is 0 Å². The van der Waals surface area contributed by atoms with Crippen LogP contribution in [0.4, 0.5) is 17.1 Å². The Balaban J connectivity index is 1.71. The Morgan fingerprint density at radius 1 is 0.846 bits per heavy atom. The van der Waals surface area contributed by atoms with Gasteiger partial charge in [0.05, 0.1) is 30.1 Å². The van der Waals surface area contributed by atoms with Crippen molar-refractivity contribution in [3.63, 3.8) is 0 Å². The van der Waals surface area contributed by atoms with E-state index in [1.165, 1.54) is 13.3 Å². The third-order valence-corrected chi connectivity index (χ3v) is 3.63. The lowest BCUT2D eigenvalue weighted by Gasteiger charge is -2.09. The van der Waals surface area contributed by atoms with Crippen LogP contribution in [0.5, 0.6) is 0 Å². The van der Waals surface area contributed by atoms with E-state index in [0.717, 1.165) is 5.69 Å². The van der Waals surface area contributed by atoms with Gasteiger partial charge >= 0.3 is 5.97 Å². The van der Waals surface area contributed by atoms with Gasteiger partial charge in [0.1, 0.15) is 0 Å². The van der Waals surface area contributed by atoms with Crippen molar-refractivity contribution < 1.29 is 14.3 Å². The number of methoxy groups -OCH3 is 1. The van der Waals surface area contributed by atoms with Crippen molar-refractivity contribution >= 4 is 28.9 Å². The third kappa shape index (κ3) is 4.24. The highest BCUT2D eigenvalue weighted by Gasteiger charge is 2.08. The molecule has 0 atom stereocenters. The molecule has 26 heavy (non-hydrogen) atoms. The molecule has 1 aromatic heterocycles. The summed E-state index contributed by atoms with van der Waals surface area (Å²) in [4.78, 5) is 27.9. The second kappa shape index (κ2) is 7.94. The number of benzene rings is 2. The summed E-state index contributed by atoms with van der Waals surface area (Å²) in [6.45, 7) is 0. The first-order chi connectivity index (χ1) is 12.7. The fourth-order valence-electron chi connectivity index (χ4n) is 2.33. The van der Waals surface area contributed by atoms with Gasteiger partial charge in [0, 0.05) is 17.6 Å². The van der Waals surface area contributed by atoms with Crippen LogP contribution in [0, 0.1) is 0 Å². The van der Waals surface area contributed by atoms with Crippen LogP contribution in [0.3, 0.4) is 0 Å². The largest absolute Gasteiger partial charge is 0.465 e. The number of amides is 1. The summed E-state index contributed by atoms with van der Waals surface area (Å²) in [6, 6.07) is 17.8. The number of hydrogen-bond donors (Lipinski definition) is 2. The minimum absolute atomic E-state index is 0.242. The zero-order valence-electron chi connectivity index (χ0n) is 14.1. The monoisotopic (exact) mass is 347 g/mol. The fourth-order valence-corrected chi connectivity index (χ4v) is 2.33. The van der Waals surface area contributed by atoms with Crippen molar-refractivity contribution in [1.82, 2.24) is 4.98 Å². The lowest BCUT2D eigenvalue weighted by atomic mass is 10.2. The average Bonchev–Trinajstić information content (AvgIpc) is 2.69. The maximum atomic E-state index is 12.3. The Morgan fingerprint density at radius 3 is 2.27 bits per heavy atom. The Morgan fingerprint density at radius 2 is 1.58 bits per heavy atom. The number of esters is 1. The van der Waals surface area contributed by atoms with Crippen molar-refractivity contribution in [3.8, 4) is 0 Å². The Bertz CT molecular complexity index is 909. The van der Waals surface area contributed by atoms with Crippen molar-refractivity contribution in [2.45, 2.75) is 0 Å². The number of nitrogens with zero attached hydrogens (tertiary/aromatic N) is 1. The molecule has 1 amide bonds. The molecule has 3 aromatic rings.